The first-order valence-electron chi connectivity index (χ1n) is 5.88. The van der Waals surface area contributed by atoms with Crippen molar-refractivity contribution in [1.82, 2.24) is 0 Å². The molecule has 0 fully saturated rings. The van der Waals surface area contributed by atoms with E-state index in [1.54, 1.807) is 0 Å². The third-order valence-corrected chi connectivity index (χ3v) is 2.97. The van der Waals surface area contributed by atoms with Crippen molar-refractivity contribution in [2.75, 3.05) is 0 Å². The molecule has 0 unspecified atom stereocenters. The van der Waals surface area contributed by atoms with E-state index in [1.165, 1.54) is 19.1 Å². The second-order valence-corrected chi connectivity index (χ2v) is 4.49. The molecule has 2 rings (SSSR count). The smallest absolute Gasteiger partial charge is 0.288 e. The molecule has 0 atom stereocenters. The Labute approximate surface area is 117 Å². The van der Waals surface area contributed by atoms with Gasteiger partial charge in [0.15, 0.2) is 5.78 Å². The van der Waals surface area contributed by atoms with Crippen molar-refractivity contribution in [1.29, 1.82) is 0 Å². The van der Waals surface area contributed by atoms with Gasteiger partial charge in [0, 0.05) is 5.56 Å². The van der Waals surface area contributed by atoms with Gasteiger partial charge in [-0.15, -0.1) is 0 Å². The van der Waals surface area contributed by atoms with Crippen molar-refractivity contribution in [3.63, 3.8) is 0 Å². The van der Waals surface area contributed by atoms with Crippen LogP contribution in [0.15, 0.2) is 36.4 Å². The number of ketones is 1. The van der Waals surface area contributed by atoms with Gasteiger partial charge in [0.2, 0.25) is 0 Å². The number of carbonyl (C=O) groups is 1. The Bertz CT molecular complexity index is 704. The standard InChI is InChI=1S/C15H9F5O/c1-8-2-3-9(6-13(8)17)14(21)11-7-10(15(18,19)20)4-5-12(11)16/h2-7H,1H3. The average molecular weight is 300 g/mol. The number of benzene rings is 2. The number of aryl methyl sites for hydroxylation is 1. The van der Waals surface area contributed by atoms with E-state index in [9.17, 15) is 26.7 Å². The molecule has 0 bridgehead atoms. The molecule has 0 amide bonds. The van der Waals surface area contributed by atoms with E-state index in [0.717, 1.165) is 6.07 Å². The minimum atomic E-state index is -4.69. The molecule has 110 valence electrons. The van der Waals surface area contributed by atoms with Crippen LogP contribution in [0.4, 0.5) is 22.0 Å². The van der Waals surface area contributed by atoms with E-state index in [-0.39, 0.29) is 11.1 Å². The zero-order valence-corrected chi connectivity index (χ0v) is 10.8. The van der Waals surface area contributed by atoms with Gasteiger partial charge in [-0.3, -0.25) is 4.79 Å². The Kier molecular flexibility index (Phi) is 3.80. The van der Waals surface area contributed by atoms with Gasteiger partial charge in [0.25, 0.3) is 0 Å². The largest absolute Gasteiger partial charge is 0.416 e. The van der Waals surface area contributed by atoms with Crippen molar-refractivity contribution in [2.45, 2.75) is 13.1 Å². The van der Waals surface area contributed by atoms with Gasteiger partial charge < -0.3 is 0 Å². The Morgan fingerprint density at radius 1 is 0.952 bits per heavy atom. The van der Waals surface area contributed by atoms with E-state index < -0.39 is 34.7 Å². The summed E-state index contributed by atoms with van der Waals surface area (Å²) in [5.74, 6) is -2.78. The summed E-state index contributed by atoms with van der Waals surface area (Å²) < 4.78 is 64.8. The number of rotatable bonds is 2. The highest BCUT2D eigenvalue weighted by Crippen LogP contribution is 2.31. The second kappa shape index (κ2) is 5.27. The zero-order chi connectivity index (χ0) is 15.8. The Morgan fingerprint density at radius 3 is 2.19 bits per heavy atom. The maximum absolute atomic E-state index is 13.6. The van der Waals surface area contributed by atoms with Crippen molar-refractivity contribution in [2.24, 2.45) is 0 Å². The summed E-state index contributed by atoms with van der Waals surface area (Å²) in [6.07, 6.45) is -4.69. The molecular weight excluding hydrogens is 291 g/mol. The number of hydrogen-bond acceptors (Lipinski definition) is 1. The molecule has 6 heteroatoms. The molecule has 0 radical (unpaired) electrons. The summed E-state index contributed by atoms with van der Waals surface area (Å²) in [6.45, 7) is 1.47. The molecule has 21 heavy (non-hydrogen) atoms. The Morgan fingerprint density at radius 2 is 1.62 bits per heavy atom. The van der Waals surface area contributed by atoms with E-state index >= 15 is 0 Å². The monoisotopic (exact) mass is 300 g/mol. The van der Waals surface area contributed by atoms with Crippen LogP contribution in [0.1, 0.15) is 27.0 Å². The maximum atomic E-state index is 13.6. The summed E-state index contributed by atoms with van der Waals surface area (Å²) in [4.78, 5) is 12.0. The van der Waals surface area contributed by atoms with Crippen LogP contribution < -0.4 is 0 Å². The summed E-state index contributed by atoms with van der Waals surface area (Å²) in [5, 5.41) is 0. The highest BCUT2D eigenvalue weighted by atomic mass is 19.4. The molecule has 0 saturated carbocycles. The molecule has 0 N–H and O–H groups in total. The molecule has 0 spiro atoms. The van der Waals surface area contributed by atoms with Gasteiger partial charge in [-0.1, -0.05) is 12.1 Å². The van der Waals surface area contributed by atoms with E-state index in [1.807, 2.05) is 0 Å². The lowest BCUT2D eigenvalue weighted by Crippen LogP contribution is -2.10. The normalized spacial score (nSPS) is 11.5. The van der Waals surface area contributed by atoms with Gasteiger partial charge in [-0.05, 0) is 36.8 Å². The lowest BCUT2D eigenvalue weighted by molar-refractivity contribution is -0.137. The summed E-state index contributed by atoms with van der Waals surface area (Å²) in [7, 11) is 0. The first-order chi connectivity index (χ1) is 9.70. The molecule has 0 saturated heterocycles. The van der Waals surface area contributed by atoms with Crippen LogP contribution in [-0.4, -0.2) is 5.78 Å². The zero-order valence-electron chi connectivity index (χ0n) is 10.8. The SMILES string of the molecule is Cc1ccc(C(=O)c2cc(C(F)(F)F)ccc2F)cc1F. The van der Waals surface area contributed by atoms with E-state index in [4.69, 9.17) is 0 Å². The minimum Gasteiger partial charge on any atom is -0.288 e. The molecule has 2 aromatic carbocycles. The van der Waals surface area contributed by atoms with Crippen LogP contribution in [0.2, 0.25) is 0 Å². The van der Waals surface area contributed by atoms with Gasteiger partial charge in [0.1, 0.15) is 11.6 Å². The number of alkyl halides is 3. The fourth-order valence-corrected chi connectivity index (χ4v) is 1.77. The van der Waals surface area contributed by atoms with Gasteiger partial charge in [0.05, 0.1) is 11.1 Å². The number of halogens is 5. The minimum absolute atomic E-state index is 0.212. The lowest BCUT2D eigenvalue weighted by atomic mass is 9.99. The van der Waals surface area contributed by atoms with Crippen molar-refractivity contribution < 1.29 is 26.7 Å². The van der Waals surface area contributed by atoms with Crippen LogP contribution in [0.5, 0.6) is 0 Å². The highest BCUT2D eigenvalue weighted by Gasteiger charge is 2.32. The molecule has 1 nitrogen and oxygen atoms in total. The topological polar surface area (TPSA) is 17.1 Å². The molecular formula is C15H9F5O. The lowest BCUT2D eigenvalue weighted by Gasteiger charge is -2.09. The van der Waals surface area contributed by atoms with Crippen LogP contribution in [-0.2, 0) is 6.18 Å². The van der Waals surface area contributed by atoms with Gasteiger partial charge in [-0.25, -0.2) is 8.78 Å². The first kappa shape index (κ1) is 15.2. The Balaban J connectivity index is 2.50. The third-order valence-electron chi connectivity index (χ3n) is 2.97. The van der Waals surface area contributed by atoms with Crippen LogP contribution >= 0.6 is 0 Å². The van der Waals surface area contributed by atoms with E-state index in [2.05, 4.69) is 0 Å². The van der Waals surface area contributed by atoms with Crippen LogP contribution in [0.25, 0.3) is 0 Å². The molecule has 0 aliphatic carbocycles. The third kappa shape index (κ3) is 3.09. The number of hydrogen-bond donors (Lipinski definition) is 0. The molecule has 0 heterocycles. The van der Waals surface area contributed by atoms with Crippen molar-refractivity contribution >= 4 is 5.78 Å². The maximum Gasteiger partial charge on any atom is 0.416 e. The molecule has 0 aliphatic rings. The predicted molar refractivity (Wildman–Crippen MR) is 66.0 cm³/mol. The average Bonchev–Trinajstić information content (AvgIpc) is 2.40. The fourth-order valence-electron chi connectivity index (χ4n) is 1.77. The Hall–Kier alpha value is -2.24. The quantitative estimate of drug-likeness (QED) is 0.588. The molecule has 0 aliphatic heterocycles. The highest BCUT2D eigenvalue weighted by molar-refractivity contribution is 6.09. The van der Waals surface area contributed by atoms with E-state index in [0.29, 0.717) is 18.2 Å². The summed E-state index contributed by atoms with van der Waals surface area (Å²) in [5.41, 5.74) is -1.82. The first-order valence-corrected chi connectivity index (χ1v) is 5.88. The summed E-state index contributed by atoms with van der Waals surface area (Å²) >= 11 is 0. The van der Waals surface area contributed by atoms with Crippen molar-refractivity contribution in [3.05, 3.63) is 70.3 Å². The number of carbonyl (C=O) groups excluding carboxylic acids is 1. The van der Waals surface area contributed by atoms with Crippen molar-refractivity contribution in [3.8, 4) is 0 Å². The molecule has 0 aromatic heterocycles. The van der Waals surface area contributed by atoms with Crippen LogP contribution in [0, 0.1) is 18.6 Å². The summed E-state index contributed by atoms with van der Waals surface area (Å²) in [6, 6.07) is 4.95. The predicted octanol–water partition coefficient (Wildman–Crippen LogP) is 4.52. The fraction of sp³-hybridized carbons (Fsp3) is 0.133. The van der Waals surface area contributed by atoms with Gasteiger partial charge >= 0.3 is 6.18 Å². The van der Waals surface area contributed by atoms with Gasteiger partial charge in [-0.2, -0.15) is 13.2 Å². The molecule has 2 aromatic rings. The second-order valence-electron chi connectivity index (χ2n) is 4.49. The van der Waals surface area contributed by atoms with Crippen LogP contribution in [0.3, 0.4) is 0 Å².